The number of piperidine rings is 1. The average molecular weight is 254 g/mol. The molecule has 0 aromatic carbocycles. The first kappa shape index (κ1) is 14.8. The zero-order valence-electron chi connectivity index (χ0n) is 11.8. The van der Waals surface area contributed by atoms with Crippen LogP contribution in [0.5, 0.6) is 0 Å². The molecule has 0 atom stereocenters. The topological polar surface area (TPSA) is 56.7 Å². The maximum atomic E-state index is 12.0. The standard InChI is InChI=1S/C13H26N4O/c1-4-14-13(16-11(2)3)15-10-12(18)17-8-6-5-7-9-17/h11H,4-10H2,1-3H3,(H2,14,15,16). The van der Waals surface area contributed by atoms with Crippen LogP contribution in [0.1, 0.15) is 40.0 Å². The Labute approximate surface area is 110 Å². The molecule has 2 N–H and O–H groups in total. The van der Waals surface area contributed by atoms with Crippen molar-refractivity contribution in [1.82, 2.24) is 15.5 Å². The Morgan fingerprint density at radius 1 is 1.28 bits per heavy atom. The minimum Gasteiger partial charge on any atom is -0.357 e. The molecule has 104 valence electrons. The summed E-state index contributed by atoms with van der Waals surface area (Å²) in [6, 6.07) is 0.313. The van der Waals surface area contributed by atoms with Gasteiger partial charge in [-0.25, -0.2) is 4.99 Å². The lowest BCUT2D eigenvalue weighted by Crippen LogP contribution is -2.42. The average Bonchev–Trinajstić information content (AvgIpc) is 2.36. The number of hydrogen-bond donors (Lipinski definition) is 2. The smallest absolute Gasteiger partial charge is 0.244 e. The minimum absolute atomic E-state index is 0.135. The van der Waals surface area contributed by atoms with Crippen molar-refractivity contribution < 1.29 is 4.79 Å². The highest BCUT2D eigenvalue weighted by molar-refractivity contribution is 5.85. The van der Waals surface area contributed by atoms with Crippen LogP contribution in [0, 0.1) is 0 Å². The molecule has 1 amide bonds. The molecule has 0 spiro atoms. The lowest BCUT2D eigenvalue weighted by Gasteiger charge is -2.26. The Morgan fingerprint density at radius 3 is 2.50 bits per heavy atom. The molecule has 1 saturated heterocycles. The second-order valence-corrected chi connectivity index (χ2v) is 4.94. The van der Waals surface area contributed by atoms with Crippen LogP contribution < -0.4 is 10.6 Å². The number of hydrogen-bond acceptors (Lipinski definition) is 2. The summed E-state index contributed by atoms with van der Waals surface area (Å²) in [6.07, 6.45) is 3.49. The number of nitrogens with zero attached hydrogens (tertiary/aromatic N) is 2. The predicted octanol–water partition coefficient (Wildman–Crippen LogP) is 0.962. The van der Waals surface area contributed by atoms with Crippen molar-refractivity contribution in [2.75, 3.05) is 26.2 Å². The van der Waals surface area contributed by atoms with E-state index in [9.17, 15) is 4.79 Å². The Morgan fingerprint density at radius 2 is 1.94 bits per heavy atom. The number of carbonyl (C=O) groups is 1. The van der Waals surface area contributed by atoms with Gasteiger partial charge in [-0.3, -0.25) is 4.79 Å². The van der Waals surface area contributed by atoms with E-state index in [4.69, 9.17) is 0 Å². The molecule has 5 heteroatoms. The van der Waals surface area contributed by atoms with Crippen molar-refractivity contribution >= 4 is 11.9 Å². The van der Waals surface area contributed by atoms with Crippen LogP contribution in [-0.2, 0) is 4.79 Å². The van der Waals surface area contributed by atoms with Crippen LogP contribution in [0.2, 0.25) is 0 Å². The van der Waals surface area contributed by atoms with Crippen molar-refractivity contribution in [2.45, 2.75) is 46.1 Å². The first-order valence-corrected chi connectivity index (χ1v) is 6.96. The number of likely N-dealkylation sites (tertiary alicyclic amines) is 1. The largest absolute Gasteiger partial charge is 0.357 e. The van der Waals surface area contributed by atoms with E-state index in [0.717, 1.165) is 38.4 Å². The molecular weight excluding hydrogens is 228 g/mol. The van der Waals surface area contributed by atoms with Gasteiger partial charge in [0.05, 0.1) is 0 Å². The fraction of sp³-hybridized carbons (Fsp3) is 0.846. The van der Waals surface area contributed by atoms with Crippen molar-refractivity contribution in [3.8, 4) is 0 Å². The van der Waals surface area contributed by atoms with E-state index in [-0.39, 0.29) is 12.5 Å². The molecule has 0 radical (unpaired) electrons. The number of aliphatic imine (C=N–C) groups is 1. The van der Waals surface area contributed by atoms with Gasteiger partial charge < -0.3 is 15.5 Å². The number of nitrogens with one attached hydrogen (secondary N) is 2. The second kappa shape index (κ2) is 7.95. The third kappa shape index (κ3) is 5.38. The highest BCUT2D eigenvalue weighted by Crippen LogP contribution is 2.08. The Balaban J connectivity index is 2.44. The lowest BCUT2D eigenvalue weighted by molar-refractivity contribution is -0.130. The van der Waals surface area contributed by atoms with E-state index in [0.29, 0.717) is 6.04 Å². The first-order valence-electron chi connectivity index (χ1n) is 6.96. The summed E-state index contributed by atoms with van der Waals surface area (Å²) >= 11 is 0. The summed E-state index contributed by atoms with van der Waals surface area (Å²) < 4.78 is 0. The van der Waals surface area contributed by atoms with Crippen molar-refractivity contribution in [3.05, 3.63) is 0 Å². The maximum Gasteiger partial charge on any atom is 0.244 e. The third-order valence-corrected chi connectivity index (χ3v) is 2.85. The summed E-state index contributed by atoms with van der Waals surface area (Å²) in [5, 5.41) is 6.35. The number of rotatable bonds is 4. The van der Waals surface area contributed by atoms with Crippen LogP contribution in [0.3, 0.4) is 0 Å². The predicted molar refractivity (Wildman–Crippen MR) is 74.7 cm³/mol. The van der Waals surface area contributed by atoms with E-state index in [1.807, 2.05) is 11.8 Å². The molecule has 0 bridgehead atoms. The Kier molecular flexibility index (Phi) is 6.54. The molecule has 5 nitrogen and oxygen atoms in total. The summed E-state index contributed by atoms with van der Waals surface area (Å²) in [5.41, 5.74) is 0. The van der Waals surface area contributed by atoms with Gasteiger partial charge in [-0.15, -0.1) is 0 Å². The van der Waals surface area contributed by atoms with Gasteiger partial charge in [-0.2, -0.15) is 0 Å². The van der Waals surface area contributed by atoms with Crippen LogP contribution in [-0.4, -0.2) is 49.0 Å². The summed E-state index contributed by atoms with van der Waals surface area (Å²) in [7, 11) is 0. The van der Waals surface area contributed by atoms with Gasteiger partial charge in [0.25, 0.3) is 0 Å². The molecule has 18 heavy (non-hydrogen) atoms. The van der Waals surface area contributed by atoms with Crippen LogP contribution >= 0.6 is 0 Å². The first-order chi connectivity index (χ1) is 8.63. The molecule has 0 unspecified atom stereocenters. The lowest BCUT2D eigenvalue weighted by atomic mass is 10.1. The number of carbonyl (C=O) groups excluding carboxylic acids is 1. The maximum absolute atomic E-state index is 12.0. The van der Waals surface area contributed by atoms with E-state index in [1.165, 1.54) is 6.42 Å². The molecule has 1 aliphatic rings. The zero-order valence-corrected chi connectivity index (χ0v) is 11.8. The Hall–Kier alpha value is -1.26. The van der Waals surface area contributed by atoms with Gasteiger partial charge in [0.1, 0.15) is 6.54 Å². The molecule has 0 saturated carbocycles. The van der Waals surface area contributed by atoms with E-state index in [1.54, 1.807) is 0 Å². The van der Waals surface area contributed by atoms with Crippen LogP contribution in [0.25, 0.3) is 0 Å². The van der Waals surface area contributed by atoms with Crippen molar-refractivity contribution in [2.24, 2.45) is 4.99 Å². The van der Waals surface area contributed by atoms with Crippen LogP contribution in [0.4, 0.5) is 0 Å². The summed E-state index contributed by atoms with van der Waals surface area (Å²) in [6.45, 7) is 8.95. The molecular formula is C13H26N4O. The van der Waals surface area contributed by atoms with E-state index >= 15 is 0 Å². The minimum atomic E-state index is 0.135. The van der Waals surface area contributed by atoms with Gasteiger partial charge in [0.15, 0.2) is 5.96 Å². The van der Waals surface area contributed by atoms with E-state index < -0.39 is 0 Å². The molecule has 1 rings (SSSR count). The van der Waals surface area contributed by atoms with Crippen LogP contribution in [0.15, 0.2) is 4.99 Å². The molecule has 0 aromatic rings. The number of amides is 1. The summed E-state index contributed by atoms with van der Waals surface area (Å²) in [5.74, 6) is 0.855. The van der Waals surface area contributed by atoms with E-state index in [2.05, 4.69) is 29.5 Å². The fourth-order valence-electron chi connectivity index (χ4n) is 1.98. The zero-order chi connectivity index (χ0) is 13.4. The van der Waals surface area contributed by atoms with Gasteiger partial charge in [0.2, 0.25) is 5.91 Å². The fourth-order valence-corrected chi connectivity index (χ4v) is 1.98. The molecule has 1 aliphatic heterocycles. The van der Waals surface area contributed by atoms with Gasteiger partial charge in [-0.05, 0) is 40.0 Å². The summed E-state index contributed by atoms with van der Waals surface area (Å²) in [4.78, 5) is 18.2. The number of guanidine groups is 1. The quantitative estimate of drug-likeness (QED) is 0.580. The molecule has 1 fully saturated rings. The van der Waals surface area contributed by atoms with Gasteiger partial charge in [0, 0.05) is 25.7 Å². The molecule has 0 aromatic heterocycles. The highest BCUT2D eigenvalue weighted by atomic mass is 16.2. The monoisotopic (exact) mass is 254 g/mol. The highest BCUT2D eigenvalue weighted by Gasteiger charge is 2.15. The van der Waals surface area contributed by atoms with Crippen molar-refractivity contribution in [3.63, 3.8) is 0 Å². The molecule has 1 heterocycles. The van der Waals surface area contributed by atoms with Crippen molar-refractivity contribution in [1.29, 1.82) is 0 Å². The van der Waals surface area contributed by atoms with Gasteiger partial charge >= 0.3 is 0 Å². The molecule has 0 aliphatic carbocycles. The Bertz CT molecular complexity index is 283. The second-order valence-electron chi connectivity index (χ2n) is 4.94. The van der Waals surface area contributed by atoms with Gasteiger partial charge in [-0.1, -0.05) is 0 Å². The SMILES string of the molecule is CCNC(=NCC(=O)N1CCCCC1)NC(C)C. The normalized spacial score (nSPS) is 16.9. The third-order valence-electron chi connectivity index (χ3n) is 2.85.